The number of hydrogen-bond donors (Lipinski definition) is 1. The highest BCUT2D eigenvalue weighted by Crippen LogP contribution is 2.45. The van der Waals surface area contributed by atoms with Crippen LogP contribution in [0.3, 0.4) is 0 Å². The van der Waals surface area contributed by atoms with Crippen LogP contribution in [0.25, 0.3) is 11.1 Å². The number of amides is 2. The van der Waals surface area contributed by atoms with Crippen LogP contribution < -0.4 is 24.4 Å². The van der Waals surface area contributed by atoms with Gasteiger partial charge in [-0.05, 0) is 82.1 Å². The molecule has 3 aromatic rings. The molecule has 0 radical (unpaired) electrons. The number of halogens is 1. The number of hydrogen-bond acceptors (Lipinski definition) is 7. The summed E-state index contributed by atoms with van der Waals surface area (Å²) in [4.78, 5) is 31.8. The number of likely N-dealkylation sites (tertiary alicyclic amines) is 1. The molecule has 0 atom stereocenters. The normalized spacial score (nSPS) is 16.1. The van der Waals surface area contributed by atoms with Crippen molar-refractivity contribution in [3.8, 4) is 28.4 Å². The van der Waals surface area contributed by atoms with E-state index in [-0.39, 0.29) is 12.5 Å². The molecule has 2 heterocycles. The van der Waals surface area contributed by atoms with E-state index >= 15 is 0 Å². The fraction of sp³-hybridized carbons (Fsp3) is 0.429. The fourth-order valence-electron chi connectivity index (χ4n) is 6.01. The first-order valence-corrected chi connectivity index (χ1v) is 15.4. The maximum atomic E-state index is 14.1. The number of nitrogens with one attached hydrogen (secondary N) is 1. The average molecular weight is 619 g/mol. The average Bonchev–Trinajstić information content (AvgIpc) is 3.03. The van der Waals surface area contributed by atoms with Crippen molar-refractivity contribution in [2.45, 2.75) is 52.2 Å². The molecule has 1 N–H and O–H groups in total. The van der Waals surface area contributed by atoms with Crippen LogP contribution in [0.2, 0.25) is 0 Å². The van der Waals surface area contributed by atoms with Crippen molar-refractivity contribution in [2.24, 2.45) is 0 Å². The van der Waals surface area contributed by atoms with Crippen molar-refractivity contribution in [1.82, 2.24) is 9.80 Å². The number of anilines is 2. The van der Waals surface area contributed by atoms with E-state index in [9.17, 15) is 14.0 Å². The van der Waals surface area contributed by atoms with Gasteiger partial charge in [0.05, 0.1) is 18.5 Å². The molecule has 0 spiro atoms. The second kappa shape index (κ2) is 13.4. The summed E-state index contributed by atoms with van der Waals surface area (Å²) in [7, 11) is 5.04. The van der Waals surface area contributed by atoms with Crippen LogP contribution in [-0.2, 0) is 11.4 Å². The van der Waals surface area contributed by atoms with Crippen molar-refractivity contribution >= 4 is 23.4 Å². The van der Waals surface area contributed by atoms with Gasteiger partial charge in [0.2, 0.25) is 0 Å². The molecular formula is C35H43FN4O5. The molecule has 0 aromatic heterocycles. The fourth-order valence-corrected chi connectivity index (χ4v) is 6.01. The van der Waals surface area contributed by atoms with Gasteiger partial charge in [0, 0.05) is 50.4 Å². The Morgan fingerprint density at radius 3 is 2.49 bits per heavy atom. The monoisotopic (exact) mass is 618 g/mol. The molecular weight excluding hydrogens is 575 g/mol. The molecule has 10 heteroatoms. The van der Waals surface area contributed by atoms with Gasteiger partial charge >= 0.3 is 6.09 Å². The standard InChI is InChI=1S/C35H43FN4O5/c1-23-10-11-24(36)20-30(23)44-22-28-26(14-15-29-32(28)39(5)33(41)35(2,3)37-29)27-13-12-25(21-31(27)43-6)45-34(42)38(4)18-19-40-16-8-7-9-17-40/h10-15,20-21,37H,7-9,16-19,22H2,1-6H3. The zero-order valence-corrected chi connectivity index (χ0v) is 27.0. The number of methoxy groups -OCH3 is 1. The molecule has 2 aliphatic rings. The van der Waals surface area contributed by atoms with Crippen LogP contribution in [0.1, 0.15) is 44.2 Å². The predicted molar refractivity (Wildman–Crippen MR) is 174 cm³/mol. The maximum absolute atomic E-state index is 14.1. The molecule has 2 aliphatic heterocycles. The molecule has 1 saturated heterocycles. The lowest BCUT2D eigenvalue weighted by Gasteiger charge is -2.39. The summed E-state index contributed by atoms with van der Waals surface area (Å²) in [6.07, 6.45) is 3.22. The van der Waals surface area contributed by atoms with E-state index < -0.39 is 17.4 Å². The number of nitrogens with zero attached hydrogens (tertiary/aromatic N) is 3. The summed E-state index contributed by atoms with van der Waals surface area (Å²) < 4.78 is 31.8. The minimum absolute atomic E-state index is 0.0598. The van der Waals surface area contributed by atoms with E-state index in [2.05, 4.69) is 10.2 Å². The molecule has 0 aliphatic carbocycles. The minimum atomic E-state index is -0.801. The quantitative estimate of drug-likeness (QED) is 0.294. The van der Waals surface area contributed by atoms with Crippen molar-refractivity contribution in [2.75, 3.05) is 57.6 Å². The lowest BCUT2D eigenvalue weighted by atomic mass is 9.91. The number of carbonyl (C=O) groups is 2. The molecule has 0 unspecified atom stereocenters. The van der Waals surface area contributed by atoms with Crippen LogP contribution in [-0.4, -0.2) is 74.7 Å². The Labute approximate surface area is 264 Å². The van der Waals surface area contributed by atoms with Crippen LogP contribution >= 0.6 is 0 Å². The Kier molecular flexibility index (Phi) is 9.53. The lowest BCUT2D eigenvalue weighted by Crippen LogP contribution is -2.52. The highest BCUT2D eigenvalue weighted by Gasteiger charge is 2.39. The van der Waals surface area contributed by atoms with Gasteiger partial charge in [-0.3, -0.25) is 4.79 Å². The smallest absolute Gasteiger partial charge is 0.415 e. The van der Waals surface area contributed by atoms with Gasteiger partial charge in [-0.2, -0.15) is 0 Å². The van der Waals surface area contributed by atoms with Crippen molar-refractivity contribution in [1.29, 1.82) is 0 Å². The number of piperidine rings is 1. The maximum Gasteiger partial charge on any atom is 0.415 e. The van der Waals surface area contributed by atoms with E-state index in [0.29, 0.717) is 29.5 Å². The van der Waals surface area contributed by atoms with Gasteiger partial charge in [-0.1, -0.05) is 18.6 Å². The van der Waals surface area contributed by atoms with Crippen molar-refractivity contribution in [3.05, 3.63) is 65.5 Å². The highest BCUT2D eigenvalue weighted by atomic mass is 19.1. The molecule has 5 rings (SSSR count). The van der Waals surface area contributed by atoms with Gasteiger partial charge < -0.3 is 34.2 Å². The highest BCUT2D eigenvalue weighted by molar-refractivity contribution is 6.08. The lowest BCUT2D eigenvalue weighted by molar-refractivity contribution is -0.121. The Morgan fingerprint density at radius 2 is 1.76 bits per heavy atom. The zero-order valence-electron chi connectivity index (χ0n) is 27.0. The van der Waals surface area contributed by atoms with Gasteiger partial charge in [0.15, 0.2) is 0 Å². The Balaban J connectivity index is 1.44. The molecule has 240 valence electrons. The number of aryl methyl sites for hydroxylation is 1. The molecule has 45 heavy (non-hydrogen) atoms. The van der Waals surface area contributed by atoms with Crippen molar-refractivity contribution < 1.29 is 28.2 Å². The van der Waals surface area contributed by atoms with Crippen LogP contribution in [0.15, 0.2) is 48.5 Å². The second-order valence-corrected chi connectivity index (χ2v) is 12.4. The van der Waals surface area contributed by atoms with Gasteiger partial charge in [-0.15, -0.1) is 0 Å². The van der Waals surface area contributed by atoms with Gasteiger partial charge in [-0.25, -0.2) is 9.18 Å². The minimum Gasteiger partial charge on any atom is -0.496 e. The zero-order chi connectivity index (χ0) is 32.3. The third-order valence-corrected chi connectivity index (χ3v) is 8.61. The Hall–Kier alpha value is -4.31. The second-order valence-electron chi connectivity index (χ2n) is 12.4. The Bertz CT molecular complexity index is 1570. The third-order valence-electron chi connectivity index (χ3n) is 8.61. The first-order chi connectivity index (χ1) is 21.5. The van der Waals surface area contributed by atoms with E-state index in [1.165, 1.54) is 31.4 Å². The van der Waals surface area contributed by atoms with Crippen molar-refractivity contribution in [3.63, 3.8) is 0 Å². The largest absolute Gasteiger partial charge is 0.496 e. The number of ether oxygens (including phenoxy) is 3. The first kappa shape index (κ1) is 32.1. The number of rotatable bonds is 9. The summed E-state index contributed by atoms with van der Waals surface area (Å²) in [5.41, 5.74) is 3.63. The summed E-state index contributed by atoms with van der Waals surface area (Å²) in [5, 5.41) is 3.35. The summed E-state index contributed by atoms with van der Waals surface area (Å²) in [5.74, 6) is 0.750. The summed E-state index contributed by atoms with van der Waals surface area (Å²) in [6.45, 7) is 9.11. The van der Waals surface area contributed by atoms with E-state index in [1.54, 1.807) is 49.2 Å². The van der Waals surface area contributed by atoms with Crippen LogP contribution in [0, 0.1) is 12.7 Å². The number of carbonyl (C=O) groups excluding carboxylic acids is 2. The SMILES string of the molecule is COc1cc(OC(=O)N(C)CCN2CCCCC2)ccc1-c1ccc2c(c1COc1cc(F)ccc1C)N(C)C(=O)C(C)(C)N2. The molecule has 2 amide bonds. The number of likely N-dealkylation sites (N-methyl/N-ethyl adjacent to an activating group) is 2. The topological polar surface area (TPSA) is 83.6 Å². The Morgan fingerprint density at radius 1 is 1.02 bits per heavy atom. The first-order valence-electron chi connectivity index (χ1n) is 15.4. The van der Waals surface area contributed by atoms with Crippen LogP contribution in [0.4, 0.5) is 20.6 Å². The molecule has 9 nitrogen and oxygen atoms in total. The summed E-state index contributed by atoms with van der Waals surface area (Å²) >= 11 is 0. The molecule has 1 fully saturated rings. The van der Waals surface area contributed by atoms with E-state index in [0.717, 1.165) is 47.6 Å². The van der Waals surface area contributed by atoms with E-state index in [1.807, 2.05) is 39.0 Å². The predicted octanol–water partition coefficient (Wildman–Crippen LogP) is 6.47. The third kappa shape index (κ3) is 7.01. The number of benzene rings is 3. The molecule has 3 aromatic carbocycles. The summed E-state index contributed by atoms with van der Waals surface area (Å²) in [6, 6.07) is 13.5. The number of fused-ring (bicyclic) bond motifs is 1. The molecule has 0 saturated carbocycles. The molecule has 0 bridgehead atoms. The van der Waals surface area contributed by atoms with Gasteiger partial charge in [0.25, 0.3) is 5.91 Å². The van der Waals surface area contributed by atoms with Gasteiger partial charge in [0.1, 0.15) is 35.2 Å². The van der Waals surface area contributed by atoms with E-state index in [4.69, 9.17) is 14.2 Å². The van der Waals surface area contributed by atoms with Crippen LogP contribution in [0.5, 0.6) is 17.2 Å².